The third-order valence-electron chi connectivity index (χ3n) is 7.87. The number of aliphatic hydroxyl groups excluding tert-OH is 2. The van der Waals surface area contributed by atoms with Crippen molar-refractivity contribution in [1.29, 1.82) is 0 Å². The smallest absolute Gasteiger partial charge is 0.390 e. The number of aromatic nitrogens is 6. The number of hydrogen-bond donors (Lipinski definition) is 7. The molecule has 18 nitrogen and oxygen atoms in total. The summed E-state index contributed by atoms with van der Waals surface area (Å²) in [6.07, 6.45) is -5.37. The van der Waals surface area contributed by atoms with Gasteiger partial charge in [0.1, 0.15) is 35.6 Å². The lowest BCUT2D eigenvalue weighted by molar-refractivity contribution is -0.105. The van der Waals surface area contributed by atoms with Crippen molar-refractivity contribution in [1.82, 2.24) is 29.1 Å². The first-order valence-corrected chi connectivity index (χ1v) is 14.6. The highest BCUT2D eigenvalue weighted by molar-refractivity contribution is 7.47. The molecule has 0 amide bonds. The molecule has 3 aromatic rings. The first kappa shape index (κ1) is 28.8. The third-order valence-corrected chi connectivity index (χ3v) is 8.86. The molecule has 6 heterocycles. The molecule has 2 saturated heterocycles. The Balaban J connectivity index is 1.25. The van der Waals surface area contributed by atoms with E-state index in [-0.39, 0.29) is 47.3 Å². The van der Waals surface area contributed by atoms with Crippen LogP contribution in [0.1, 0.15) is 44.1 Å². The van der Waals surface area contributed by atoms with E-state index in [9.17, 15) is 19.7 Å². The third kappa shape index (κ3) is 5.01. The zero-order valence-electron chi connectivity index (χ0n) is 22.2. The molecule has 2 fully saturated rings. The number of fused-ring (bicyclic) bond motifs is 3. The van der Waals surface area contributed by atoms with Crippen LogP contribution in [-0.4, -0.2) is 81.2 Å². The summed E-state index contributed by atoms with van der Waals surface area (Å²) in [5.41, 5.74) is 18.4. The lowest BCUT2D eigenvalue weighted by atomic mass is 9.87. The fourth-order valence-corrected chi connectivity index (χ4v) is 6.53. The molecule has 42 heavy (non-hydrogen) atoms. The van der Waals surface area contributed by atoms with Gasteiger partial charge in [0, 0.05) is 5.92 Å². The van der Waals surface area contributed by atoms with Crippen LogP contribution in [0.3, 0.4) is 0 Å². The van der Waals surface area contributed by atoms with E-state index < -0.39 is 69.4 Å². The van der Waals surface area contributed by atoms with Crippen molar-refractivity contribution >= 4 is 36.6 Å². The van der Waals surface area contributed by atoms with E-state index in [4.69, 9.17) is 31.0 Å². The Morgan fingerprint density at radius 3 is 2.79 bits per heavy atom. The highest BCUT2D eigenvalue weighted by Gasteiger charge is 2.49. The molecule has 20 heteroatoms. The van der Waals surface area contributed by atoms with Crippen molar-refractivity contribution in [2.75, 3.05) is 17.7 Å². The van der Waals surface area contributed by atoms with Gasteiger partial charge in [-0.05, 0) is 18.8 Å². The lowest BCUT2D eigenvalue weighted by Gasteiger charge is -2.33. The minimum atomic E-state index is -4.95. The van der Waals surface area contributed by atoms with Gasteiger partial charge in [0.25, 0.3) is 0 Å². The Kier molecular flexibility index (Phi) is 7.38. The summed E-state index contributed by atoms with van der Waals surface area (Å²) >= 11 is 0. The SMILES string of the molecule is CC1CCC2C(COP(=O)(O)OC(C(O)n3cnc4c3NC(N)=NC4N)C1O)OC(n1cnc3c(N)ncnc31)C2F. The number of anilines is 2. The van der Waals surface area contributed by atoms with Crippen molar-refractivity contribution in [3.63, 3.8) is 0 Å². The number of halogens is 1. The zero-order valence-corrected chi connectivity index (χ0v) is 23.1. The van der Waals surface area contributed by atoms with Gasteiger partial charge >= 0.3 is 7.82 Å². The van der Waals surface area contributed by atoms with Crippen molar-refractivity contribution < 1.29 is 37.8 Å². The van der Waals surface area contributed by atoms with Crippen LogP contribution in [0, 0.1) is 11.8 Å². The van der Waals surface area contributed by atoms with E-state index in [0.717, 1.165) is 4.57 Å². The maximum Gasteiger partial charge on any atom is 0.472 e. The predicted octanol–water partition coefficient (Wildman–Crippen LogP) is -0.362. The van der Waals surface area contributed by atoms with Crippen LogP contribution in [0.4, 0.5) is 16.0 Å². The summed E-state index contributed by atoms with van der Waals surface area (Å²) in [5, 5.41) is 25.2. The highest BCUT2D eigenvalue weighted by Crippen LogP contribution is 2.50. The summed E-state index contributed by atoms with van der Waals surface area (Å²) in [6, 6.07) is 0. The van der Waals surface area contributed by atoms with Gasteiger partial charge in [0.2, 0.25) is 0 Å². The van der Waals surface area contributed by atoms with E-state index in [1.54, 1.807) is 6.92 Å². The second-order valence-electron chi connectivity index (χ2n) is 10.5. The van der Waals surface area contributed by atoms with Crippen LogP contribution in [0.2, 0.25) is 0 Å². The minimum Gasteiger partial charge on any atom is -0.390 e. The van der Waals surface area contributed by atoms with Gasteiger partial charge in [-0.25, -0.2) is 33.9 Å². The van der Waals surface area contributed by atoms with E-state index in [1.807, 2.05) is 0 Å². The summed E-state index contributed by atoms with van der Waals surface area (Å²) in [5.74, 6) is -1.19. The Hall–Kier alpha value is -3.29. The Bertz CT molecular complexity index is 1550. The molecular weight excluding hydrogens is 580 g/mol. The Morgan fingerprint density at radius 1 is 1.21 bits per heavy atom. The predicted molar refractivity (Wildman–Crippen MR) is 143 cm³/mol. The molecule has 0 radical (unpaired) electrons. The standard InChI is InChI=1S/C22H31FN11O7P/c1-8-2-3-9-10(40-21(11(9)23)34-7-30-12-16(24)27-5-28-18(12)34)4-39-42(37,38)41-15(14(8)35)20(36)33-6-29-13-17(25)31-22(26)32-19(13)33/h5-11,14-15,17,20-21,35-36H,2-4,25H2,1H3,(H,37,38)(H2,24,27,28)(H3,26,31,32). The number of phosphoric acid groups is 1. The molecular formula is C22H31FN11O7P. The number of imidazole rings is 2. The number of aliphatic imine (C=N–C) groups is 1. The van der Waals surface area contributed by atoms with E-state index in [0.29, 0.717) is 0 Å². The van der Waals surface area contributed by atoms with Crippen LogP contribution in [-0.2, 0) is 18.3 Å². The molecule has 3 aromatic heterocycles. The summed E-state index contributed by atoms with van der Waals surface area (Å²) in [6.45, 7) is 1.13. The first-order chi connectivity index (χ1) is 19.9. The number of phosphoric ester groups is 1. The lowest BCUT2D eigenvalue weighted by Crippen LogP contribution is -2.41. The van der Waals surface area contributed by atoms with Crippen LogP contribution < -0.4 is 22.5 Å². The average molecular weight is 612 g/mol. The quantitative estimate of drug-likeness (QED) is 0.186. The summed E-state index contributed by atoms with van der Waals surface area (Å²) in [7, 11) is -4.95. The van der Waals surface area contributed by atoms with Crippen LogP contribution >= 0.6 is 7.82 Å². The van der Waals surface area contributed by atoms with Crippen molar-refractivity contribution in [3.05, 3.63) is 24.7 Å². The number of nitrogens with one attached hydrogen (secondary N) is 1. The molecule has 10 unspecified atom stereocenters. The Morgan fingerprint density at radius 2 is 2.00 bits per heavy atom. The number of aliphatic hydroxyl groups is 2. The first-order valence-electron chi connectivity index (χ1n) is 13.1. The van der Waals surface area contributed by atoms with E-state index in [2.05, 4.69) is 30.2 Å². The van der Waals surface area contributed by atoms with Gasteiger partial charge in [0.05, 0.1) is 31.5 Å². The number of rotatable bonds is 3. The number of alkyl halides is 1. The van der Waals surface area contributed by atoms with E-state index >= 15 is 4.39 Å². The molecule has 0 bridgehead atoms. The second-order valence-corrected chi connectivity index (χ2v) is 11.9. The van der Waals surface area contributed by atoms with Crippen LogP contribution in [0.15, 0.2) is 24.0 Å². The largest absolute Gasteiger partial charge is 0.472 e. The normalized spacial score (nSPS) is 36.4. The highest BCUT2D eigenvalue weighted by atomic mass is 31.2. The Labute approximate surface area is 237 Å². The topological polar surface area (TPSA) is 269 Å². The summed E-state index contributed by atoms with van der Waals surface area (Å²) < 4.78 is 48.2. The number of hydrogen-bond acceptors (Lipinski definition) is 15. The molecule has 0 spiro atoms. The molecule has 0 aliphatic carbocycles. The van der Waals surface area contributed by atoms with Gasteiger partial charge in [-0.2, -0.15) is 0 Å². The van der Waals surface area contributed by atoms with Crippen molar-refractivity contribution in [2.45, 2.75) is 62.9 Å². The van der Waals surface area contributed by atoms with Gasteiger partial charge < -0.3 is 42.4 Å². The maximum absolute atomic E-state index is 16.0. The molecule has 0 saturated carbocycles. The van der Waals surface area contributed by atoms with E-state index in [1.165, 1.54) is 23.5 Å². The number of nitrogens with zero attached hydrogens (tertiary/aromatic N) is 7. The molecule has 10 atom stereocenters. The van der Waals surface area contributed by atoms with Crippen molar-refractivity contribution in [3.8, 4) is 0 Å². The molecule has 3 aliphatic heterocycles. The average Bonchev–Trinajstić information content (AvgIpc) is 3.64. The molecule has 228 valence electrons. The summed E-state index contributed by atoms with van der Waals surface area (Å²) in [4.78, 5) is 30.9. The van der Waals surface area contributed by atoms with Gasteiger partial charge in [0.15, 0.2) is 36.1 Å². The minimum absolute atomic E-state index is 0.0392. The van der Waals surface area contributed by atoms with Gasteiger partial charge in [-0.1, -0.05) is 6.92 Å². The molecule has 10 N–H and O–H groups in total. The van der Waals surface area contributed by atoms with Gasteiger partial charge in [-0.3, -0.25) is 18.2 Å². The molecule has 0 aromatic carbocycles. The fraction of sp³-hybridized carbons (Fsp3) is 0.591. The van der Waals surface area contributed by atoms with Crippen LogP contribution in [0.25, 0.3) is 11.2 Å². The molecule has 3 aliphatic rings. The van der Waals surface area contributed by atoms with Crippen LogP contribution in [0.5, 0.6) is 0 Å². The number of nitrogen functional groups attached to an aromatic ring is 1. The second kappa shape index (κ2) is 10.8. The van der Waals surface area contributed by atoms with Crippen molar-refractivity contribution in [2.24, 2.45) is 28.3 Å². The number of guanidine groups is 1. The fourth-order valence-electron chi connectivity index (χ4n) is 5.59. The monoisotopic (exact) mass is 611 g/mol. The number of nitrogens with two attached hydrogens (primary N) is 3. The number of ether oxygens (including phenoxy) is 1. The maximum atomic E-state index is 16.0. The molecule has 6 rings (SSSR count). The zero-order chi connectivity index (χ0) is 29.9. The van der Waals surface area contributed by atoms with Gasteiger partial charge in [-0.15, -0.1) is 0 Å².